The molecule has 1 aliphatic rings. The average molecular weight is 499 g/mol. The molecule has 9 heteroatoms. The molecule has 0 spiro atoms. The molecular weight excluding hydrogens is 464 g/mol. The number of hydrogen-bond acceptors (Lipinski definition) is 8. The highest BCUT2D eigenvalue weighted by molar-refractivity contribution is 5.93. The fourth-order valence-corrected chi connectivity index (χ4v) is 3.85. The number of carbonyl (C=O) groups is 3. The lowest BCUT2D eigenvalue weighted by Crippen LogP contribution is -2.36. The number of ether oxygens (including phenoxy) is 4. The number of benzene rings is 2. The molecule has 1 N–H and O–H groups in total. The second-order valence-corrected chi connectivity index (χ2v) is 9.66. The van der Waals surface area contributed by atoms with Crippen LogP contribution in [-0.4, -0.2) is 49.9 Å². The van der Waals surface area contributed by atoms with Crippen LogP contribution in [0.15, 0.2) is 42.5 Å². The first-order chi connectivity index (χ1) is 17.0. The zero-order valence-corrected chi connectivity index (χ0v) is 21.6. The molecule has 194 valence electrons. The molecule has 0 bridgehead atoms. The minimum absolute atomic E-state index is 0.0951. The molecular formula is C27H34N2O7. The van der Waals surface area contributed by atoms with Crippen LogP contribution >= 0.6 is 0 Å². The van der Waals surface area contributed by atoms with Gasteiger partial charge in [-0.25, -0.2) is 9.59 Å². The number of anilines is 2. The predicted octanol–water partition coefficient (Wildman–Crippen LogP) is 4.64. The number of esters is 2. The van der Waals surface area contributed by atoms with Crippen LogP contribution in [0.4, 0.5) is 16.2 Å². The quantitative estimate of drug-likeness (QED) is 0.415. The zero-order valence-electron chi connectivity index (χ0n) is 21.6. The molecule has 3 rings (SSSR count). The first-order valence-corrected chi connectivity index (χ1v) is 11.8. The zero-order chi connectivity index (χ0) is 26.5. The minimum atomic E-state index is -0.685. The summed E-state index contributed by atoms with van der Waals surface area (Å²) in [5, 5.41) is 3.15. The van der Waals surface area contributed by atoms with E-state index in [1.807, 2.05) is 36.4 Å². The lowest BCUT2D eigenvalue weighted by Gasteiger charge is -2.25. The summed E-state index contributed by atoms with van der Waals surface area (Å²) in [5.41, 5.74) is 2.20. The van der Waals surface area contributed by atoms with E-state index in [-0.39, 0.29) is 25.7 Å². The van der Waals surface area contributed by atoms with Gasteiger partial charge in [0.15, 0.2) is 0 Å². The van der Waals surface area contributed by atoms with Gasteiger partial charge in [-0.05, 0) is 44.9 Å². The van der Waals surface area contributed by atoms with Gasteiger partial charge in [0.05, 0.1) is 25.1 Å². The van der Waals surface area contributed by atoms with E-state index in [1.165, 1.54) is 18.9 Å². The van der Waals surface area contributed by atoms with Gasteiger partial charge in [0.25, 0.3) is 0 Å². The highest BCUT2D eigenvalue weighted by atomic mass is 16.6. The Balaban J connectivity index is 2.02. The van der Waals surface area contributed by atoms with Gasteiger partial charge in [-0.15, -0.1) is 0 Å². The van der Waals surface area contributed by atoms with E-state index < -0.39 is 29.7 Å². The number of hydrogen-bond donors (Lipinski definition) is 1. The number of amides is 1. The molecule has 1 heterocycles. The van der Waals surface area contributed by atoms with Crippen molar-refractivity contribution in [3.05, 3.63) is 53.6 Å². The van der Waals surface area contributed by atoms with E-state index in [0.29, 0.717) is 17.1 Å². The molecule has 0 aromatic heterocycles. The average Bonchev–Trinajstić information content (AvgIpc) is 3.17. The number of carbonyl (C=O) groups excluding carboxylic acids is 3. The first-order valence-electron chi connectivity index (χ1n) is 11.8. The Morgan fingerprint density at radius 2 is 1.83 bits per heavy atom. The summed E-state index contributed by atoms with van der Waals surface area (Å²) in [7, 11) is 1.32. The summed E-state index contributed by atoms with van der Waals surface area (Å²) in [5.74, 6) is -0.673. The van der Waals surface area contributed by atoms with E-state index in [9.17, 15) is 14.4 Å². The van der Waals surface area contributed by atoms with Gasteiger partial charge in [-0.2, -0.15) is 0 Å². The van der Waals surface area contributed by atoms with Crippen molar-refractivity contribution in [1.82, 2.24) is 0 Å². The first kappa shape index (κ1) is 26.8. The fourth-order valence-electron chi connectivity index (χ4n) is 3.85. The van der Waals surface area contributed by atoms with Crippen molar-refractivity contribution in [2.45, 2.75) is 58.8 Å². The van der Waals surface area contributed by atoms with Crippen molar-refractivity contribution < 1.29 is 33.3 Å². The third kappa shape index (κ3) is 6.90. The van der Waals surface area contributed by atoms with Crippen molar-refractivity contribution in [3.63, 3.8) is 0 Å². The van der Waals surface area contributed by atoms with Crippen molar-refractivity contribution in [2.24, 2.45) is 0 Å². The Labute approximate surface area is 211 Å². The number of methoxy groups -OCH3 is 1. The Hall–Kier alpha value is -3.75. The maximum Gasteiger partial charge on any atom is 0.414 e. The molecule has 1 unspecified atom stereocenters. The third-order valence-electron chi connectivity index (χ3n) is 5.53. The molecule has 0 saturated carbocycles. The standard InChI is InChI=1S/C27H34N2O7/c1-17(25(31)33-6)28-22-12-21-20(16-34-18(2)30)14-29(26(32)36-27(3,4)5)23(21)13-24(22)35-15-19-10-8-7-9-11-19/h7-13,17,20,28H,14-16H2,1-6H3/t17?,20-/m0/s1. The normalized spacial score (nSPS) is 15.5. The molecule has 0 radical (unpaired) electrons. The number of nitrogens with zero attached hydrogens (tertiary/aromatic N) is 1. The van der Waals surface area contributed by atoms with Crippen LogP contribution in [0.2, 0.25) is 0 Å². The van der Waals surface area contributed by atoms with Gasteiger partial charge in [-0.3, -0.25) is 9.69 Å². The van der Waals surface area contributed by atoms with Crippen LogP contribution in [0.25, 0.3) is 0 Å². The van der Waals surface area contributed by atoms with Gasteiger partial charge in [0.2, 0.25) is 0 Å². The van der Waals surface area contributed by atoms with Gasteiger partial charge < -0.3 is 24.3 Å². The number of fused-ring (bicyclic) bond motifs is 1. The molecule has 2 atom stereocenters. The lowest BCUT2D eigenvalue weighted by atomic mass is 10.0. The minimum Gasteiger partial charge on any atom is -0.487 e. The van der Waals surface area contributed by atoms with Gasteiger partial charge in [0, 0.05) is 25.5 Å². The van der Waals surface area contributed by atoms with Crippen LogP contribution < -0.4 is 15.0 Å². The molecule has 36 heavy (non-hydrogen) atoms. The molecule has 9 nitrogen and oxygen atoms in total. The molecule has 0 aliphatic carbocycles. The predicted molar refractivity (Wildman–Crippen MR) is 135 cm³/mol. The van der Waals surface area contributed by atoms with E-state index in [4.69, 9.17) is 18.9 Å². The highest BCUT2D eigenvalue weighted by Gasteiger charge is 2.37. The topological polar surface area (TPSA) is 103 Å². The number of nitrogens with one attached hydrogen (secondary N) is 1. The van der Waals surface area contributed by atoms with Gasteiger partial charge >= 0.3 is 18.0 Å². The summed E-state index contributed by atoms with van der Waals surface area (Å²) in [6, 6.07) is 12.6. The fraction of sp³-hybridized carbons (Fsp3) is 0.444. The summed E-state index contributed by atoms with van der Waals surface area (Å²) >= 11 is 0. The summed E-state index contributed by atoms with van der Waals surface area (Å²) in [6.45, 7) is 9.07. The second-order valence-electron chi connectivity index (χ2n) is 9.66. The summed E-state index contributed by atoms with van der Waals surface area (Å²) in [6.07, 6.45) is -0.508. The molecule has 1 aliphatic heterocycles. The van der Waals surface area contributed by atoms with E-state index in [1.54, 1.807) is 33.8 Å². The monoisotopic (exact) mass is 498 g/mol. The third-order valence-corrected chi connectivity index (χ3v) is 5.53. The largest absolute Gasteiger partial charge is 0.487 e. The van der Waals surface area contributed by atoms with Crippen LogP contribution in [0.5, 0.6) is 5.75 Å². The molecule has 0 fully saturated rings. The lowest BCUT2D eigenvalue weighted by molar-refractivity contribution is -0.142. The van der Waals surface area contributed by atoms with Crippen LogP contribution in [0.3, 0.4) is 0 Å². The van der Waals surface area contributed by atoms with Crippen LogP contribution in [-0.2, 0) is 30.4 Å². The Bertz CT molecular complexity index is 1100. The molecule has 2 aromatic carbocycles. The van der Waals surface area contributed by atoms with E-state index >= 15 is 0 Å². The van der Waals surface area contributed by atoms with Crippen molar-refractivity contribution >= 4 is 29.4 Å². The van der Waals surface area contributed by atoms with Crippen molar-refractivity contribution in [2.75, 3.05) is 30.5 Å². The maximum atomic E-state index is 13.1. The SMILES string of the molecule is COC(=O)C(C)Nc1cc2c(cc1OCc1ccccc1)N(C(=O)OC(C)(C)C)C[C@H]2COC(C)=O. The Morgan fingerprint density at radius 1 is 1.14 bits per heavy atom. The van der Waals surface area contributed by atoms with Crippen molar-refractivity contribution in [3.8, 4) is 5.75 Å². The Kier molecular flexibility index (Phi) is 8.45. The van der Waals surface area contributed by atoms with E-state index in [0.717, 1.165) is 11.1 Å². The molecule has 0 saturated heterocycles. The molecule has 1 amide bonds. The van der Waals surface area contributed by atoms with Crippen molar-refractivity contribution in [1.29, 1.82) is 0 Å². The maximum absolute atomic E-state index is 13.1. The van der Waals surface area contributed by atoms with Gasteiger partial charge in [-0.1, -0.05) is 30.3 Å². The van der Waals surface area contributed by atoms with Crippen LogP contribution in [0.1, 0.15) is 51.7 Å². The van der Waals surface area contributed by atoms with Gasteiger partial charge in [0.1, 0.15) is 24.0 Å². The number of rotatable bonds is 8. The second kappa shape index (κ2) is 11.3. The summed E-state index contributed by atoms with van der Waals surface area (Å²) in [4.78, 5) is 38.2. The molecule has 2 aromatic rings. The summed E-state index contributed by atoms with van der Waals surface area (Å²) < 4.78 is 21.9. The Morgan fingerprint density at radius 3 is 2.44 bits per heavy atom. The van der Waals surface area contributed by atoms with Crippen LogP contribution in [0, 0.1) is 0 Å². The smallest absolute Gasteiger partial charge is 0.414 e. The van der Waals surface area contributed by atoms with E-state index in [2.05, 4.69) is 5.32 Å². The highest BCUT2D eigenvalue weighted by Crippen LogP contribution is 2.43.